The van der Waals surface area contributed by atoms with Gasteiger partial charge in [0.25, 0.3) is 0 Å². The van der Waals surface area contributed by atoms with E-state index in [9.17, 15) is 29.4 Å². The van der Waals surface area contributed by atoms with Crippen LogP contribution in [0.15, 0.2) is 0 Å². The number of carboxylic acid groups (broad SMARTS) is 1. The molecule has 0 aliphatic rings. The average Bonchev–Trinajstić information content (AvgIpc) is 2.62. The van der Waals surface area contributed by atoms with Crippen LogP contribution in [0.25, 0.3) is 0 Å². The number of amides is 3. The molecule has 0 aromatic heterocycles. The first-order valence-corrected chi connectivity index (χ1v) is 10.7. The second kappa shape index (κ2) is 13.3. The third-order valence-electron chi connectivity index (χ3n) is 4.75. The molecule has 5 unspecified atom stereocenters. The number of hydrogen-bond acceptors (Lipinski definition) is 6. The van der Waals surface area contributed by atoms with Gasteiger partial charge >= 0.3 is 5.97 Å². The van der Waals surface area contributed by atoms with Gasteiger partial charge in [-0.25, -0.2) is 4.79 Å². The Morgan fingerprint density at radius 2 is 1.13 bits per heavy atom. The Kier molecular flexibility index (Phi) is 12.3. The van der Waals surface area contributed by atoms with Gasteiger partial charge in [-0.1, -0.05) is 41.5 Å². The summed E-state index contributed by atoms with van der Waals surface area (Å²) in [4.78, 5) is 49.3. The average molecular weight is 445 g/mol. The van der Waals surface area contributed by atoms with Crippen LogP contribution in [0.1, 0.15) is 61.3 Å². The molecule has 0 spiro atoms. The molecule has 0 saturated heterocycles. The van der Waals surface area contributed by atoms with Crippen LogP contribution in [-0.4, -0.2) is 64.2 Å². The van der Waals surface area contributed by atoms with Crippen LogP contribution >= 0.6 is 0 Å². The summed E-state index contributed by atoms with van der Waals surface area (Å²) in [5.74, 6) is -3.14. The molecular formula is C21H40N4O6. The van der Waals surface area contributed by atoms with Crippen molar-refractivity contribution in [1.29, 1.82) is 0 Å². The van der Waals surface area contributed by atoms with Crippen molar-refractivity contribution in [2.24, 2.45) is 23.5 Å². The molecule has 0 rings (SSSR count). The minimum absolute atomic E-state index is 0.0124. The zero-order valence-corrected chi connectivity index (χ0v) is 19.6. The van der Waals surface area contributed by atoms with Crippen LogP contribution in [0.3, 0.4) is 0 Å². The van der Waals surface area contributed by atoms with Crippen LogP contribution in [0.2, 0.25) is 0 Å². The van der Waals surface area contributed by atoms with Crippen molar-refractivity contribution >= 4 is 23.7 Å². The molecule has 0 fully saturated rings. The van der Waals surface area contributed by atoms with Crippen molar-refractivity contribution in [3.8, 4) is 0 Å². The second-order valence-corrected chi connectivity index (χ2v) is 9.22. The lowest BCUT2D eigenvalue weighted by atomic mass is 9.98. The van der Waals surface area contributed by atoms with Gasteiger partial charge in [0.2, 0.25) is 17.7 Å². The van der Waals surface area contributed by atoms with Gasteiger partial charge in [-0.3, -0.25) is 14.4 Å². The van der Waals surface area contributed by atoms with E-state index in [1.165, 1.54) is 6.92 Å². The number of rotatable bonds is 13. The van der Waals surface area contributed by atoms with E-state index >= 15 is 0 Å². The number of nitrogens with one attached hydrogen (secondary N) is 3. The number of carbonyl (C=O) groups is 4. The quantitative estimate of drug-likeness (QED) is 0.232. The van der Waals surface area contributed by atoms with E-state index in [2.05, 4.69) is 16.0 Å². The molecule has 0 aliphatic carbocycles. The highest BCUT2D eigenvalue weighted by atomic mass is 16.4. The Morgan fingerprint density at radius 1 is 0.742 bits per heavy atom. The van der Waals surface area contributed by atoms with Gasteiger partial charge in [-0.2, -0.15) is 0 Å². The predicted octanol–water partition coefficient (Wildman–Crippen LogP) is -0.0183. The van der Waals surface area contributed by atoms with Crippen molar-refractivity contribution in [3.63, 3.8) is 0 Å². The minimum Gasteiger partial charge on any atom is -0.480 e. The van der Waals surface area contributed by atoms with E-state index in [0.717, 1.165) is 0 Å². The SMILES string of the molecule is CC(C)CC(NC(=O)C(CC(C)C)NC(=O)C(N)C(C)C)C(=O)NC(C(=O)O)C(C)O. The van der Waals surface area contributed by atoms with Crippen LogP contribution in [0, 0.1) is 17.8 Å². The van der Waals surface area contributed by atoms with E-state index in [1.54, 1.807) is 13.8 Å². The summed E-state index contributed by atoms with van der Waals surface area (Å²) in [5, 5.41) is 26.4. The molecule has 0 saturated carbocycles. The summed E-state index contributed by atoms with van der Waals surface area (Å²) >= 11 is 0. The number of aliphatic hydroxyl groups excluding tert-OH is 1. The standard InChI is InChI=1S/C21H40N4O6/c1-10(2)8-14(24-20(29)16(22)12(5)6)18(27)23-15(9-11(3)4)19(28)25-17(13(7)26)21(30)31/h10-17,26H,8-9,22H2,1-7H3,(H,23,27)(H,24,29)(H,25,28)(H,30,31). The van der Waals surface area contributed by atoms with Crippen LogP contribution in [-0.2, 0) is 19.2 Å². The van der Waals surface area contributed by atoms with Gasteiger partial charge < -0.3 is 31.9 Å². The van der Waals surface area contributed by atoms with E-state index in [0.29, 0.717) is 6.42 Å². The van der Waals surface area contributed by atoms with E-state index in [1.807, 2.05) is 27.7 Å². The second-order valence-electron chi connectivity index (χ2n) is 9.22. The van der Waals surface area contributed by atoms with Gasteiger partial charge in [0.15, 0.2) is 6.04 Å². The molecular weight excluding hydrogens is 404 g/mol. The van der Waals surface area contributed by atoms with Crippen molar-refractivity contribution in [2.75, 3.05) is 0 Å². The first kappa shape index (κ1) is 28.8. The highest BCUT2D eigenvalue weighted by molar-refractivity contribution is 5.94. The first-order valence-electron chi connectivity index (χ1n) is 10.7. The zero-order chi connectivity index (χ0) is 24.5. The molecule has 3 amide bonds. The van der Waals surface area contributed by atoms with Gasteiger partial charge in [0.1, 0.15) is 12.1 Å². The molecule has 0 aromatic carbocycles. The van der Waals surface area contributed by atoms with E-state index in [4.69, 9.17) is 5.73 Å². The lowest BCUT2D eigenvalue weighted by Gasteiger charge is -2.27. The van der Waals surface area contributed by atoms with Crippen molar-refractivity contribution in [3.05, 3.63) is 0 Å². The molecule has 7 N–H and O–H groups in total. The fourth-order valence-electron chi connectivity index (χ4n) is 2.89. The normalized spacial score (nSPS) is 16.4. The molecule has 0 bridgehead atoms. The smallest absolute Gasteiger partial charge is 0.328 e. The lowest BCUT2D eigenvalue weighted by molar-refractivity contribution is -0.145. The molecule has 10 nitrogen and oxygen atoms in total. The van der Waals surface area contributed by atoms with Gasteiger partial charge in [-0.05, 0) is 37.5 Å². The molecule has 0 heterocycles. The molecule has 0 radical (unpaired) electrons. The Balaban J connectivity index is 5.51. The Morgan fingerprint density at radius 3 is 1.45 bits per heavy atom. The van der Waals surface area contributed by atoms with Crippen LogP contribution < -0.4 is 21.7 Å². The molecule has 5 atom stereocenters. The summed E-state index contributed by atoms with van der Waals surface area (Å²) in [6.45, 7) is 12.3. The van der Waals surface area contributed by atoms with Crippen LogP contribution in [0.4, 0.5) is 0 Å². The number of aliphatic hydroxyl groups is 1. The molecule has 0 aromatic rings. The zero-order valence-electron chi connectivity index (χ0n) is 19.6. The third kappa shape index (κ3) is 10.6. The molecule has 180 valence electrons. The monoisotopic (exact) mass is 444 g/mol. The minimum atomic E-state index is -1.51. The highest BCUT2D eigenvalue weighted by Crippen LogP contribution is 2.10. The highest BCUT2D eigenvalue weighted by Gasteiger charge is 2.32. The van der Waals surface area contributed by atoms with Gasteiger partial charge in [-0.15, -0.1) is 0 Å². The Bertz CT molecular complexity index is 621. The van der Waals surface area contributed by atoms with Crippen molar-refractivity contribution in [2.45, 2.75) is 91.6 Å². The fourth-order valence-corrected chi connectivity index (χ4v) is 2.89. The number of hydrogen-bond donors (Lipinski definition) is 6. The topological polar surface area (TPSA) is 171 Å². The molecule has 0 aliphatic heterocycles. The van der Waals surface area contributed by atoms with E-state index < -0.39 is 54.0 Å². The maximum absolute atomic E-state index is 12.9. The van der Waals surface area contributed by atoms with Gasteiger partial charge in [0, 0.05) is 0 Å². The lowest BCUT2D eigenvalue weighted by Crippen LogP contribution is -2.59. The van der Waals surface area contributed by atoms with Crippen LogP contribution in [0.5, 0.6) is 0 Å². The summed E-state index contributed by atoms with van der Waals surface area (Å²) in [5.41, 5.74) is 5.88. The molecule has 10 heteroatoms. The van der Waals surface area contributed by atoms with E-state index in [-0.39, 0.29) is 24.2 Å². The third-order valence-corrected chi connectivity index (χ3v) is 4.75. The molecule has 31 heavy (non-hydrogen) atoms. The Hall–Kier alpha value is -2.20. The number of nitrogens with two attached hydrogens (primary N) is 1. The van der Waals surface area contributed by atoms with Gasteiger partial charge in [0.05, 0.1) is 12.1 Å². The van der Waals surface area contributed by atoms with Crippen molar-refractivity contribution in [1.82, 2.24) is 16.0 Å². The summed E-state index contributed by atoms with van der Waals surface area (Å²) in [7, 11) is 0. The summed E-state index contributed by atoms with van der Waals surface area (Å²) in [6, 6.07) is -4.21. The number of carbonyl (C=O) groups excluding carboxylic acids is 3. The maximum atomic E-state index is 12.9. The predicted molar refractivity (Wildman–Crippen MR) is 117 cm³/mol. The summed E-state index contributed by atoms with van der Waals surface area (Å²) < 4.78 is 0. The summed E-state index contributed by atoms with van der Waals surface area (Å²) in [6.07, 6.45) is -0.733. The maximum Gasteiger partial charge on any atom is 0.328 e. The number of carboxylic acids is 1. The largest absolute Gasteiger partial charge is 0.480 e. The first-order chi connectivity index (χ1) is 14.2. The van der Waals surface area contributed by atoms with Crippen molar-refractivity contribution < 1.29 is 29.4 Å². The fraction of sp³-hybridized carbons (Fsp3) is 0.810. The Labute approximate surface area is 184 Å². The number of aliphatic carboxylic acids is 1.